The third-order valence-corrected chi connectivity index (χ3v) is 4.51. The Bertz CT molecular complexity index is 1100. The van der Waals surface area contributed by atoms with E-state index in [0.29, 0.717) is 5.69 Å². The number of imidazole rings is 2. The fourth-order valence-corrected chi connectivity index (χ4v) is 3.11. The number of nitrogens with zero attached hydrogens (tertiary/aromatic N) is 4. The smallest absolute Gasteiger partial charge is 0.188 e. The Labute approximate surface area is 152 Å². The first-order chi connectivity index (χ1) is 12.5. The zero-order valence-corrected chi connectivity index (χ0v) is 15.1. The van der Waals surface area contributed by atoms with Crippen molar-refractivity contribution < 1.29 is 4.79 Å². The molecule has 0 spiro atoms. The number of aromatic nitrogens is 4. The molecular formula is C21H20N4O. The minimum absolute atomic E-state index is 0.0118. The Morgan fingerprint density at radius 2 is 1.73 bits per heavy atom. The molecule has 0 N–H and O–H groups in total. The summed E-state index contributed by atoms with van der Waals surface area (Å²) in [4.78, 5) is 21.8. The van der Waals surface area contributed by atoms with Crippen molar-refractivity contribution in [3.8, 4) is 11.3 Å². The third-order valence-electron chi connectivity index (χ3n) is 4.51. The largest absolute Gasteiger partial charge is 0.340 e. The number of carbonyl (C=O) groups excluding carboxylic acids is 1. The van der Waals surface area contributed by atoms with Crippen molar-refractivity contribution in [1.82, 2.24) is 18.9 Å². The third kappa shape index (κ3) is 2.92. The molecule has 0 aliphatic rings. The highest BCUT2D eigenvalue weighted by Crippen LogP contribution is 2.26. The van der Waals surface area contributed by atoms with Gasteiger partial charge in [-0.2, -0.15) is 0 Å². The van der Waals surface area contributed by atoms with Crippen LogP contribution in [0.3, 0.4) is 0 Å². The molecule has 1 aromatic carbocycles. The molecule has 0 aliphatic heterocycles. The molecule has 0 bridgehead atoms. The molecule has 0 unspecified atom stereocenters. The average molecular weight is 344 g/mol. The minimum atomic E-state index is -0.0118. The van der Waals surface area contributed by atoms with Gasteiger partial charge in [0.1, 0.15) is 11.3 Å². The van der Waals surface area contributed by atoms with E-state index in [2.05, 4.69) is 36.2 Å². The van der Waals surface area contributed by atoms with Gasteiger partial charge < -0.3 is 8.97 Å². The van der Waals surface area contributed by atoms with Crippen LogP contribution in [-0.4, -0.2) is 24.7 Å². The van der Waals surface area contributed by atoms with Crippen LogP contribution in [0, 0.1) is 13.8 Å². The molecule has 5 nitrogen and oxygen atoms in total. The number of carbonyl (C=O) groups is 1. The van der Waals surface area contributed by atoms with Gasteiger partial charge in [0.05, 0.1) is 24.1 Å². The number of aryl methyl sites for hydroxylation is 3. The van der Waals surface area contributed by atoms with E-state index in [0.717, 1.165) is 28.2 Å². The predicted octanol–water partition coefficient (Wildman–Crippen LogP) is 3.78. The van der Waals surface area contributed by atoms with Gasteiger partial charge in [0.15, 0.2) is 5.78 Å². The van der Waals surface area contributed by atoms with Gasteiger partial charge in [-0.05, 0) is 25.5 Å². The molecule has 0 fully saturated rings. The number of benzene rings is 1. The normalized spacial score (nSPS) is 11.2. The zero-order valence-electron chi connectivity index (χ0n) is 15.1. The Hall–Kier alpha value is -3.21. The summed E-state index contributed by atoms with van der Waals surface area (Å²) in [6, 6.07) is 12.3. The molecule has 5 heteroatoms. The lowest BCUT2D eigenvalue weighted by atomic mass is 10.0. The summed E-state index contributed by atoms with van der Waals surface area (Å²) in [6.45, 7) is 4.09. The quantitative estimate of drug-likeness (QED) is 0.530. The highest BCUT2D eigenvalue weighted by molar-refractivity contribution is 5.96. The number of fused-ring (bicyclic) bond motifs is 1. The molecule has 4 rings (SSSR count). The maximum atomic E-state index is 12.8. The number of Topliss-reactive ketones (excluding diaryl/α,β-unsaturated/α-hetero) is 1. The second kappa shape index (κ2) is 6.26. The highest BCUT2D eigenvalue weighted by atomic mass is 16.1. The maximum absolute atomic E-state index is 12.8. The number of hydrogen-bond acceptors (Lipinski definition) is 3. The van der Waals surface area contributed by atoms with Gasteiger partial charge in [0.25, 0.3) is 0 Å². The number of pyridine rings is 1. The SMILES string of the molecule is Cc1ccc(-c2nc3ccc(C)cn3c2CC(=O)c2cn(C)cn2)cc1. The van der Waals surface area contributed by atoms with Gasteiger partial charge in [-0.15, -0.1) is 0 Å². The maximum Gasteiger partial charge on any atom is 0.188 e. The molecule has 4 aromatic rings. The van der Waals surface area contributed by atoms with Gasteiger partial charge in [0, 0.05) is 25.0 Å². The van der Waals surface area contributed by atoms with E-state index < -0.39 is 0 Å². The van der Waals surface area contributed by atoms with Crippen molar-refractivity contribution in [3.05, 3.63) is 77.6 Å². The summed E-state index contributed by atoms with van der Waals surface area (Å²) in [7, 11) is 1.86. The molecule has 3 aromatic heterocycles. The Balaban J connectivity index is 1.84. The Morgan fingerprint density at radius 3 is 2.42 bits per heavy atom. The van der Waals surface area contributed by atoms with E-state index in [1.807, 2.05) is 36.7 Å². The second-order valence-corrected chi connectivity index (χ2v) is 6.73. The molecule has 0 radical (unpaired) electrons. The van der Waals surface area contributed by atoms with Crippen LogP contribution < -0.4 is 0 Å². The summed E-state index contributed by atoms with van der Waals surface area (Å²) in [6.07, 6.45) is 5.68. The van der Waals surface area contributed by atoms with Gasteiger partial charge in [0.2, 0.25) is 0 Å². The first-order valence-electron chi connectivity index (χ1n) is 8.57. The fraction of sp³-hybridized carbons (Fsp3) is 0.190. The first kappa shape index (κ1) is 16.3. The second-order valence-electron chi connectivity index (χ2n) is 6.73. The molecule has 0 saturated carbocycles. The predicted molar refractivity (Wildman–Crippen MR) is 101 cm³/mol. The lowest BCUT2D eigenvalue weighted by molar-refractivity contribution is 0.0987. The number of hydrogen-bond donors (Lipinski definition) is 0. The molecule has 0 amide bonds. The number of ketones is 1. The summed E-state index contributed by atoms with van der Waals surface area (Å²) < 4.78 is 3.80. The van der Waals surface area contributed by atoms with Crippen molar-refractivity contribution in [3.63, 3.8) is 0 Å². The highest BCUT2D eigenvalue weighted by Gasteiger charge is 2.19. The molecule has 3 heterocycles. The van der Waals surface area contributed by atoms with Crippen molar-refractivity contribution in [2.45, 2.75) is 20.3 Å². The van der Waals surface area contributed by atoms with Crippen LogP contribution >= 0.6 is 0 Å². The van der Waals surface area contributed by atoms with Crippen LogP contribution in [-0.2, 0) is 13.5 Å². The van der Waals surface area contributed by atoms with Gasteiger partial charge in [-0.25, -0.2) is 9.97 Å². The van der Waals surface area contributed by atoms with Gasteiger partial charge >= 0.3 is 0 Å². The monoisotopic (exact) mass is 344 g/mol. The summed E-state index contributed by atoms with van der Waals surface area (Å²) in [5.41, 5.74) is 6.39. The van der Waals surface area contributed by atoms with Crippen LogP contribution in [0.4, 0.5) is 0 Å². The zero-order chi connectivity index (χ0) is 18.3. The summed E-state index contributed by atoms with van der Waals surface area (Å²) >= 11 is 0. The van der Waals surface area contributed by atoms with Crippen LogP contribution in [0.1, 0.15) is 27.3 Å². The van der Waals surface area contributed by atoms with E-state index in [1.54, 1.807) is 17.1 Å². The number of rotatable bonds is 4. The van der Waals surface area contributed by atoms with E-state index in [1.165, 1.54) is 5.56 Å². The lowest BCUT2D eigenvalue weighted by Gasteiger charge is -2.05. The van der Waals surface area contributed by atoms with Crippen LogP contribution in [0.5, 0.6) is 0 Å². The molecule has 0 aliphatic carbocycles. The van der Waals surface area contributed by atoms with Crippen molar-refractivity contribution in [2.75, 3.05) is 0 Å². The van der Waals surface area contributed by atoms with Crippen LogP contribution in [0.2, 0.25) is 0 Å². The average Bonchev–Trinajstić information content (AvgIpc) is 3.20. The topological polar surface area (TPSA) is 52.2 Å². The Morgan fingerprint density at radius 1 is 1.00 bits per heavy atom. The van der Waals surface area contributed by atoms with Crippen molar-refractivity contribution >= 4 is 11.4 Å². The van der Waals surface area contributed by atoms with E-state index in [9.17, 15) is 4.79 Å². The fourth-order valence-electron chi connectivity index (χ4n) is 3.11. The van der Waals surface area contributed by atoms with E-state index in [4.69, 9.17) is 4.98 Å². The summed E-state index contributed by atoms with van der Waals surface area (Å²) in [5, 5.41) is 0. The van der Waals surface area contributed by atoms with Gasteiger partial charge in [-0.3, -0.25) is 4.79 Å². The molecule has 0 saturated heterocycles. The molecule has 26 heavy (non-hydrogen) atoms. The Kier molecular flexibility index (Phi) is 3.92. The van der Waals surface area contributed by atoms with E-state index >= 15 is 0 Å². The molecular weight excluding hydrogens is 324 g/mol. The van der Waals surface area contributed by atoms with E-state index in [-0.39, 0.29) is 12.2 Å². The molecule has 130 valence electrons. The molecule has 0 atom stereocenters. The first-order valence-corrected chi connectivity index (χ1v) is 8.57. The van der Waals surface area contributed by atoms with Crippen LogP contribution in [0.15, 0.2) is 55.1 Å². The standard InChI is InChI=1S/C21H20N4O/c1-14-4-7-16(8-5-14)21-18(10-19(26)17-12-24(3)13-22-17)25-11-15(2)6-9-20(25)23-21/h4-9,11-13H,10H2,1-3H3. The van der Waals surface area contributed by atoms with Gasteiger partial charge in [-0.1, -0.05) is 35.9 Å². The van der Waals surface area contributed by atoms with Crippen LogP contribution in [0.25, 0.3) is 16.9 Å². The van der Waals surface area contributed by atoms with Crippen molar-refractivity contribution in [1.29, 1.82) is 0 Å². The minimum Gasteiger partial charge on any atom is -0.340 e. The lowest BCUT2D eigenvalue weighted by Crippen LogP contribution is -2.07. The van der Waals surface area contributed by atoms with Crippen molar-refractivity contribution in [2.24, 2.45) is 7.05 Å². The summed E-state index contributed by atoms with van der Waals surface area (Å²) in [5.74, 6) is -0.0118.